The standard InChI is InChI=1S/C19H26ClNO2S/c1-14(2)10-13-19(11-6-3-7-12-19)17(22)21-15-8-4-5-9-16(15)24-18(20)23/h4-5,8-9,14H,3,6-7,10-13H2,1-2H3,(H,21,22). The van der Waals surface area contributed by atoms with E-state index in [0.717, 1.165) is 50.3 Å². The van der Waals surface area contributed by atoms with E-state index in [1.807, 2.05) is 24.3 Å². The summed E-state index contributed by atoms with van der Waals surface area (Å²) >= 11 is 6.44. The molecule has 1 aliphatic rings. The van der Waals surface area contributed by atoms with Gasteiger partial charge in [0, 0.05) is 10.3 Å². The summed E-state index contributed by atoms with van der Waals surface area (Å²) in [6, 6.07) is 7.34. The van der Waals surface area contributed by atoms with Gasteiger partial charge in [-0.3, -0.25) is 9.59 Å². The highest BCUT2D eigenvalue weighted by Gasteiger charge is 2.39. The Kier molecular flexibility index (Phi) is 7.17. The SMILES string of the molecule is CC(C)CCC1(C(=O)Nc2ccccc2SC(=O)Cl)CCCCC1. The molecule has 1 N–H and O–H groups in total. The minimum atomic E-state index is -0.496. The number of carbonyl (C=O) groups is 2. The zero-order valence-corrected chi connectivity index (χ0v) is 16.0. The molecule has 132 valence electrons. The zero-order valence-electron chi connectivity index (χ0n) is 14.4. The number of halogens is 1. The highest BCUT2D eigenvalue weighted by molar-refractivity contribution is 8.16. The van der Waals surface area contributed by atoms with Crippen molar-refractivity contribution in [1.29, 1.82) is 0 Å². The average molecular weight is 368 g/mol. The maximum Gasteiger partial charge on any atom is 0.284 e. The fraction of sp³-hybridized carbons (Fsp3) is 0.579. The molecule has 0 spiro atoms. The zero-order chi connectivity index (χ0) is 17.6. The van der Waals surface area contributed by atoms with Crippen LogP contribution in [0, 0.1) is 11.3 Å². The van der Waals surface area contributed by atoms with Crippen molar-refractivity contribution in [3.05, 3.63) is 24.3 Å². The Bertz CT molecular complexity index is 582. The van der Waals surface area contributed by atoms with Gasteiger partial charge >= 0.3 is 0 Å². The topological polar surface area (TPSA) is 46.2 Å². The van der Waals surface area contributed by atoms with Crippen LogP contribution in [0.5, 0.6) is 0 Å². The fourth-order valence-corrected chi connectivity index (χ4v) is 4.18. The number of hydrogen-bond donors (Lipinski definition) is 1. The van der Waals surface area contributed by atoms with Gasteiger partial charge in [0.1, 0.15) is 0 Å². The Hall–Kier alpha value is -1.00. The lowest BCUT2D eigenvalue weighted by Gasteiger charge is -2.36. The van der Waals surface area contributed by atoms with Gasteiger partial charge in [-0.1, -0.05) is 45.2 Å². The lowest BCUT2D eigenvalue weighted by atomic mass is 9.69. The van der Waals surface area contributed by atoms with E-state index < -0.39 is 4.57 Å². The number of anilines is 1. The van der Waals surface area contributed by atoms with Crippen molar-refractivity contribution >= 4 is 39.5 Å². The lowest BCUT2D eigenvalue weighted by Crippen LogP contribution is -2.38. The third-order valence-electron chi connectivity index (χ3n) is 4.82. The molecule has 5 heteroatoms. The third-order valence-corrected chi connectivity index (χ3v) is 5.79. The molecule has 0 heterocycles. The number of carbonyl (C=O) groups excluding carboxylic acids is 2. The van der Waals surface area contributed by atoms with Crippen molar-refractivity contribution < 1.29 is 9.59 Å². The molecule has 0 unspecified atom stereocenters. The third kappa shape index (κ3) is 5.25. The molecule has 1 saturated carbocycles. The first-order chi connectivity index (χ1) is 11.4. The Labute approximate surface area is 153 Å². The van der Waals surface area contributed by atoms with E-state index in [0.29, 0.717) is 16.5 Å². The molecular formula is C19H26ClNO2S. The first-order valence-electron chi connectivity index (χ1n) is 8.71. The fourth-order valence-electron chi connectivity index (χ4n) is 3.38. The van der Waals surface area contributed by atoms with Crippen molar-refractivity contribution in [3.63, 3.8) is 0 Å². The minimum absolute atomic E-state index is 0.0953. The molecule has 0 saturated heterocycles. The predicted octanol–water partition coefficient (Wildman–Crippen LogP) is 6.46. The molecule has 0 aliphatic heterocycles. The number of hydrogen-bond acceptors (Lipinski definition) is 3. The van der Waals surface area contributed by atoms with Crippen LogP contribution in [0.2, 0.25) is 0 Å². The van der Waals surface area contributed by atoms with E-state index in [1.54, 1.807) is 0 Å². The first kappa shape index (κ1) is 19.3. The number of benzene rings is 1. The summed E-state index contributed by atoms with van der Waals surface area (Å²) in [6.45, 7) is 4.40. The van der Waals surface area contributed by atoms with Crippen LogP contribution in [-0.4, -0.2) is 10.5 Å². The van der Waals surface area contributed by atoms with Gasteiger partial charge < -0.3 is 5.32 Å². The van der Waals surface area contributed by atoms with Gasteiger partial charge in [0.15, 0.2) is 0 Å². The van der Waals surface area contributed by atoms with E-state index >= 15 is 0 Å². The molecule has 2 rings (SSSR count). The van der Waals surface area contributed by atoms with E-state index in [4.69, 9.17) is 11.6 Å². The van der Waals surface area contributed by atoms with Crippen LogP contribution in [0.3, 0.4) is 0 Å². The number of para-hydroxylation sites is 1. The molecule has 0 atom stereocenters. The van der Waals surface area contributed by atoms with Crippen LogP contribution in [0.15, 0.2) is 29.2 Å². The number of amides is 1. The Morgan fingerprint density at radius 2 is 1.88 bits per heavy atom. The largest absolute Gasteiger partial charge is 0.325 e. The molecule has 1 aliphatic carbocycles. The van der Waals surface area contributed by atoms with Crippen molar-refractivity contribution in [1.82, 2.24) is 0 Å². The van der Waals surface area contributed by atoms with Crippen molar-refractivity contribution in [2.45, 2.75) is 63.7 Å². The summed E-state index contributed by atoms with van der Waals surface area (Å²) in [5.74, 6) is 0.686. The first-order valence-corrected chi connectivity index (χ1v) is 9.90. The summed E-state index contributed by atoms with van der Waals surface area (Å²) in [7, 11) is 0. The van der Waals surface area contributed by atoms with E-state index in [-0.39, 0.29) is 11.3 Å². The number of thioether (sulfide) groups is 1. The van der Waals surface area contributed by atoms with Crippen molar-refractivity contribution in [2.24, 2.45) is 11.3 Å². The molecule has 1 amide bonds. The van der Waals surface area contributed by atoms with E-state index in [9.17, 15) is 9.59 Å². The molecule has 1 aromatic rings. The molecule has 0 aromatic heterocycles. The maximum atomic E-state index is 13.1. The van der Waals surface area contributed by atoms with Crippen LogP contribution in [0.25, 0.3) is 0 Å². The number of nitrogens with one attached hydrogen (secondary N) is 1. The Morgan fingerprint density at radius 1 is 1.21 bits per heavy atom. The maximum absolute atomic E-state index is 13.1. The van der Waals surface area contributed by atoms with Gasteiger partial charge in [-0.2, -0.15) is 0 Å². The van der Waals surface area contributed by atoms with Gasteiger partial charge in [-0.05, 0) is 67.1 Å². The summed E-state index contributed by atoms with van der Waals surface area (Å²) in [5.41, 5.74) is 0.404. The molecular weight excluding hydrogens is 342 g/mol. The van der Waals surface area contributed by atoms with Gasteiger partial charge in [0.05, 0.1) is 5.69 Å². The molecule has 1 fully saturated rings. The highest BCUT2D eigenvalue weighted by Crippen LogP contribution is 2.42. The highest BCUT2D eigenvalue weighted by atomic mass is 35.5. The smallest absolute Gasteiger partial charge is 0.284 e. The minimum Gasteiger partial charge on any atom is -0.325 e. The second kappa shape index (κ2) is 8.91. The second-order valence-electron chi connectivity index (χ2n) is 7.06. The summed E-state index contributed by atoms with van der Waals surface area (Å²) in [5, 5.41) is 3.08. The Morgan fingerprint density at radius 3 is 2.50 bits per heavy atom. The van der Waals surface area contributed by atoms with Gasteiger partial charge in [0.25, 0.3) is 4.57 Å². The molecule has 1 aromatic carbocycles. The number of rotatable bonds is 6. The predicted molar refractivity (Wildman–Crippen MR) is 102 cm³/mol. The lowest BCUT2D eigenvalue weighted by molar-refractivity contribution is -0.128. The Balaban J connectivity index is 2.17. The van der Waals surface area contributed by atoms with Crippen LogP contribution in [0.1, 0.15) is 58.8 Å². The van der Waals surface area contributed by atoms with Crippen LogP contribution < -0.4 is 5.32 Å². The normalized spacial score (nSPS) is 16.8. The molecule has 0 radical (unpaired) electrons. The van der Waals surface area contributed by atoms with Gasteiger partial charge in [-0.25, -0.2) is 0 Å². The average Bonchev–Trinajstić information content (AvgIpc) is 2.55. The second-order valence-corrected chi connectivity index (χ2v) is 8.65. The van der Waals surface area contributed by atoms with Crippen molar-refractivity contribution in [2.75, 3.05) is 5.32 Å². The quantitative estimate of drug-likeness (QED) is 0.463. The molecule has 0 bridgehead atoms. The van der Waals surface area contributed by atoms with Crippen LogP contribution in [-0.2, 0) is 4.79 Å². The van der Waals surface area contributed by atoms with E-state index in [1.165, 1.54) is 6.42 Å². The molecule has 3 nitrogen and oxygen atoms in total. The van der Waals surface area contributed by atoms with Gasteiger partial charge in [-0.15, -0.1) is 0 Å². The summed E-state index contributed by atoms with van der Waals surface area (Å²) < 4.78 is -0.496. The van der Waals surface area contributed by atoms with Gasteiger partial charge in [0.2, 0.25) is 5.91 Å². The van der Waals surface area contributed by atoms with Crippen LogP contribution >= 0.6 is 23.4 Å². The van der Waals surface area contributed by atoms with Crippen LogP contribution in [0.4, 0.5) is 10.5 Å². The molecule has 24 heavy (non-hydrogen) atoms. The summed E-state index contributed by atoms with van der Waals surface area (Å²) in [4.78, 5) is 25.0. The summed E-state index contributed by atoms with van der Waals surface area (Å²) in [6.07, 6.45) is 7.34. The van der Waals surface area contributed by atoms with Crippen molar-refractivity contribution in [3.8, 4) is 0 Å². The van der Waals surface area contributed by atoms with E-state index in [2.05, 4.69) is 19.2 Å². The monoisotopic (exact) mass is 367 g/mol.